The first-order valence-corrected chi connectivity index (χ1v) is 14.0. The Hall–Kier alpha value is -3.84. The van der Waals surface area contributed by atoms with E-state index in [1.54, 1.807) is 18.6 Å². The Balaban J connectivity index is 0. The van der Waals surface area contributed by atoms with E-state index in [0.29, 0.717) is 12.0 Å². The number of carbonyl (C=O) groups excluding carboxylic acids is 4. The molecule has 0 aromatic carbocycles. The zero-order chi connectivity index (χ0) is 34.7. The van der Waals surface area contributed by atoms with Crippen molar-refractivity contribution >= 4 is 44.2 Å². The first kappa shape index (κ1) is 45.3. The van der Waals surface area contributed by atoms with Crippen LogP contribution in [-0.4, -0.2) is 105 Å². The summed E-state index contributed by atoms with van der Waals surface area (Å²) < 4.78 is 3.61. The van der Waals surface area contributed by atoms with Gasteiger partial charge in [0.25, 0.3) is 0 Å². The SMILES string of the molecule is CC(=O)OOC(C)=O.O=C(O)C1CCN(Cc2cnccn2)CC1.O=C(O)C1CCNCC1.O=Cc1cnccn1.[B-]OC(C)=O.[Na+]. The van der Waals surface area contributed by atoms with Gasteiger partial charge in [0.2, 0.25) is 5.97 Å². The molecule has 47 heavy (non-hydrogen) atoms. The summed E-state index contributed by atoms with van der Waals surface area (Å²) >= 11 is 0. The van der Waals surface area contributed by atoms with Gasteiger partial charge in [0, 0.05) is 58.3 Å². The van der Waals surface area contributed by atoms with Crippen LogP contribution in [0.15, 0.2) is 37.2 Å². The van der Waals surface area contributed by atoms with Crippen LogP contribution < -0.4 is 34.9 Å². The van der Waals surface area contributed by atoms with Gasteiger partial charge in [0.05, 0.1) is 23.7 Å². The minimum Gasteiger partial charge on any atom is -0.793 e. The summed E-state index contributed by atoms with van der Waals surface area (Å²) in [6.45, 7) is 7.65. The summed E-state index contributed by atoms with van der Waals surface area (Å²) in [7, 11) is 4.32. The average molecular weight is 669 g/mol. The Morgan fingerprint density at radius 3 is 1.62 bits per heavy atom. The Morgan fingerprint density at radius 2 is 1.30 bits per heavy atom. The number of carbonyl (C=O) groups is 6. The molecule has 251 valence electrons. The standard InChI is InChI=1S/C11H15N3O2.C6H11NO2.C5H4N2O.C4H6O4.C2H3BO2.Na/c15-11(16)9-1-5-14(6-2-9)8-10-7-12-3-4-13-10;8-6(9)5-1-3-7-4-2-5;8-4-5-3-6-1-2-7-5;1-3(5)7-8-4(2)6;1-2(4)5-3;/h3-4,7,9H,1-2,5-6,8H2,(H,15,16);5,7H,1-4H2,(H,8,9);1-4H;1-2H3;1H3;/q;;;;-1;+1. The monoisotopic (exact) mass is 669 g/mol. The summed E-state index contributed by atoms with van der Waals surface area (Å²) in [5, 5.41) is 20.5. The van der Waals surface area contributed by atoms with Gasteiger partial charge in [-0.05, 0) is 51.9 Å². The second-order valence-electron chi connectivity index (χ2n) is 9.46. The first-order valence-electron chi connectivity index (χ1n) is 14.0. The van der Waals surface area contributed by atoms with Crippen LogP contribution in [0.3, 0.4) is 0 Å². The number of nitrogens with zero attached hydrogens (tertiary/aromatic N) is 5. The molecule has 0 atom stereocenters. The van der Waals surface area contributed by atoms with Crippen molar-refractivity contribution in [3.8, 4) is 0 Å². The van der Waals surface area contributed by atoms with E-state index < -0.39 is 29.8 Å². The van der Waals surface area contributed by atoms with Gasteiger partial charge in [-0.1, -0.05) is 0 Å². The fourth-order valence-corrected chi connectivity index (χ4v) is 3.54. The number of hydrogen-bond donors (Lipinski definition) is 3. The number of carboxylic acids is 2. The van der Waals surface area contributed by atoms with Gasteiger partial charge in [-0.3, -0.25) is 44.0 Å². The minimum atomic E-state index is -0.667. The van der Waals surface area contributed by atoms with Crippen molar-refractivity contribution in [2.45, 2.75) is 53.0 Å². The molecule has 2 fully saturated rings. The van der Waals surface area contributed by atoms with Crippen LogP contribution >= 0.6 is 0 Å². The van der Waals surface area contributed by atoms with Crippen molar-refractivity contribution in [2.24, 2.45) is 11.8 Å². The molecular formula is C28H39BN6NaO11. The number of aldehydes is 1. The summed E-state index contributed by atoms with van der Waals surface area (Å²) in [5.74, 6) is -3.31. The van der Waals surface area contributed by atoms with Crippen LogP contribution in [0.25, 0.3) is 0 Å². The van der Waals surface area contributed by atoms with E-state index in [4.69, 9.17) is 10.2 Å². The molecule has 0 amide bonds. The molecule has 2 aromatic heterocycles. The molecule has 2 aromatic rings. The number of aromatic nitrogens is 4. The van der Waals surface area contributed by atoms with Gasteiger partial charge >= 0.3 is 53.4 Å². The Bertz CT molecular complexity index is 1170. The molecule has 4 rings (SSSR count). The topological polar surface area (TPSA) is 237 Å². The molecule has 3 radical (unpaired) electrons. The van der Waals surface area contributed by atoms with E-state index in [1.807, 2.05) is 0 Å². The quantitative estimate of drug-likeness (QED) is 0.132. The first-order chi connectivity index (χ1) is 21.9. The molecule has 19 heteroatoms. The fraction of sp³-hybridized carbons (Fsp3) is 0.500. The zero-order valence-electron chi connectivity index (χ0n) is 26.9. The number of likely N-dealkylation sites (tertiary alicyclic amines) is 1. The second kappa shape index (κ2) is 28.4. The van der Waals surface area contributed by atoms with E-state index in [2.05, 4.69) is 52.6 Å². The van der Waals surface area contributed by atoms with E-state index in [9.17, 15) is 28.8 Å². The van der Waals surface area contributed by atoms with Crippen molar-refractivity contribution in [1.29, 1.82) is 0 Å². The van der Waals surface area contributed by atoms with Crippen LogP contribution in [0.5, 0.6) is 0 Å². The number of carboxylic acid groups (broad SMARTS) is 2. The predicted molar refractivity (Wildman–Crippen MR) is 159 cm³/mol. The summed E-state index contributed by atoms with van der Waals surface area (Å²) in [6.07, 6.45) is 13.2. The third-order valence-corrected chi connectivity index (χ3v) is 5.77. The van der Waals surface area contributed by atoms with E-state index in [1.165, 1.54) is 25.5 Å². The molecule has 0 unspecified atom stereocenters. The van der Waals surface area contributed by atoms with Crippen molar-refractivity contribution in [2.75, 3.05) is 26.2 Å². The van der Waals surface area contributed by atoms with E-state index in [-0.39, 0.29) is 41.4 Å². The number of aliphatic carboxylic acids is 2. The molecule has 4 heterocycles. The van der Waals surface area contributed by atoms with E-state index in [0.717, 1.165) is 77.9 Å². The molecular weight excluding hydrogens is 630 g/mol. The van der Waals surface area contributed by atoms with Gasteiger partial charge in [-0.25, -0.2) is 19.4 Å². The Labute approximate surface area is 295 Å². The second-order valence-corrected chi connectivity index (χ2v) is 9.46. The smallest absolute Gasteiger partial charge is 0.793 e. The fourth-order valence-electron chi connectivity index (χ4n) is 3.54. The van der Waals surface area contributed by atoms with Gasteiger partial charge in [-0.2, -0.15) is 0 Å². The van der Waals surface area contributed by atoms with Crippen molar-refractivity contribution in [3.63, 3.8) is 0 Å². The predicted octanol–water partition coefficient (Wildman–Crippen LogP) is -2.20. The third kappa shape index (κ3) is 26.0. The largest absolute Gasteiger partial charge is 1.00 e. The van der Waals surface area contributed by atoms with Crippen LogP contribution in [0.2, 0.25) is 0 Å². The van der Waals surface area contributed by atoms with Gasteiger partial charge in [-0.15, -0.1) is 0 Å². The van der Waals surface area contributed by atoms with Gasteiger partial charge < -0.3 is 28.2 Å². The maximum absolute atomic E-state index is 10.8. The maximum Gasteiger partial charge on any atom is 1.00 e. The molecule has 2 saturated heterocycles. The number of nitrogens with one attached hydrogen (secondary N) is 1. The summed E-state index contributed by atoms with van der Waals surface area (Å²) in [5.41, 5.74) is 1.31. The normalized spacial score (nSPS) is 14.0. The van der Waals surface area contributed by atoms with Crippen molar-refractivity contribution < 1.29 is 83.0 Å². The van der Waals surface area contributed by atoms with E-state index >= 15 is 0 Å². The van der Waals surface area contributed by atoms with Crippen molar-refractivity contribution in [1.82, 2.24) is 30.2 Å². The molecule has 2 aliphatic rings. The number of rotatable bonds is 5. The van der Waals surface area contributed by atoms with Crippen molar-refractivity contribution in [3.05, 3.63) is 48.6 Å². The van der Waals surface area contributed by atoms with Crippen LogP contribution in [-0.2, 0) is 44.9 Å². The molecule has 2 aliphatic heterocycles. The Kier molecular flexibility index (Phi) is 27.4. The molecule has 0 aliphatic carbocycles. The third-order valence-electron chi connectivity index (χ3n) is 5.77. The average Bonchev–Trinajstić information content (AvgIpc) is 3.06. The van der Waals surface area contributed by atoms with Gasteiger partial charge in [0.15, 0.2) is 6.29 Å². The minimum absolute atomic E-state index is 0. The Morgan fingerprint density at radius 1 is 0.830 bits per heavy atom. The zero-order valence-corrected chi connectivity index (χ0v) is 28.9. The molecule has 0 bridgehead atoms. The number of hydrogen-bond acceptors (Lipinski definition) is 15. The maximum atomic E-state index is 10.8. The molecule has 0 saturated carbocycles. The number of piperidine rings is 2. The van der Waals surface area contributed by atoms with Crippen LogP contribution in [0.4, 0.5) is 0 Å². The van der Waals surface area contributed by atoms with Gasteiger partial charge in [0.1, 0.15) is 5.69 Å². The van der Waals surface area contributed by atoms with Crippen LogP contribution in [0.1, 0.15) is 62.6 Å². The summed E-state index contributed by atoms with van der Waals surface area (Å²) in [4.78, 5) is 85.6. The molecule has 17 nitrogen and oxygen atoms in total. The van der Waals surface area contributed by atoms with Crippen LogP contribution in [0, 0.1) is 11.8 Å². The summed E-state index contributed by atoms with van der Waals surface area (Å²) in [6, 6.07) is 0. The molecule has 0 spiro atoms. The molecule has 3 N–H and O–H groups in total.